The predicted molar refractivity (Wildman–Crippen MR) is 91.6 cm³/mol. The van der Waals surface area contributed by atoms with Crippen LogP contribution in [0.3, 0.4) is 0 Å². The summed E-state index contributed by atoms with van der Waals surface area (Å²) in [5.74, 6) is -3.19. The third-order valence-corrected chi connectivity index (χ3v) is 3.55. The minimum absolute atomic E-state index is 0.123. The first kappa shape index (κ1) is 20.0. The SMILES string of the molecule is COc1cccc(C(=O)COC(=O)CCNC(=O)c2ccc(F)cc2F)c1. The Morgan fingerprint density at radius 3 is 2.56 bits per heavy atom. The van der Waals surface area contributed by atoms with Crippen molar-refractivity contribution in [1.82, 2.24) is 5.32 Å². The Labute approximate surface area is 154 Å². The average Bonchev–Trinajstić information content (AvgIpc) is 2.66. The van der Waals surface area contributed by atoms with E-state index in [-0.39, 0.29) is 18.5 Å². The average molecular weight is 377 g/mol. The first-order valence-electron chi connectivity index (χ1n) is 7.97. The van der Waals surface area contributed by atoms with Crippen molar-refractivity contribution in [2.75, 3.05) is 20.3 Å². The molecule has 0 unspecified atom stereocenters. The maximum atomic E-state index is 13.5. The molecule has 1 amide bonds. The molecule has 0 fully saturated rings. The van der Waals surface area contributed by atoms with Gasteiger partial charge in [-0.15, -0.1) is 0 Å². The van der Waals surface area contributed by atoms with Crippen LogP contribution in [0.2, 0.25) is 0 Å². The summed E-state index contributed by atoms with van der Waals surface area (Å²) in [5.41, 5.74) is 0.000192. The number of halogens is 2. The molecule has 1 N–H and O–H groups in total. The van der Waals surface area contributed by atoms with Gasteiger partial charge in [-0.05, 0) is 24.3 Å². The van der Waals surface area contributed by atoms with Gasteiger partial charge in [0.25, 0.3) is 5.91 Å². The van der Waals surface area contributed by atoms with Gasteiger partial charge in [-0.3, -0.25) is 14.4 Å². The smallest absolute Gasteiger partial charge is 0.308 e. The van der Waals surface area contributed by atoms with Crippen LogP contribution in [0, 0.1) is 11.6 Å². The Kier molecular flexibility index (Phi) is 6.99. The number of carbonyl (C=O) groups excluding carboxylic acids is 3. The van der Waals surface area contributed by atoms with E-state index in [1.165, 1.54) is 13.2 Å². The molecule has 142 valence electrons. The number of hydrogen-bond acceptors (Lipinski definition) is 5. The summed E-state index contributed by atoms with van der Waals surface area (Å²) < 4.78 is 36.2. The normalized spacial score (nSPS) is 10.2. The van der Waals surface area contributed by atoms with Gasteiger partial charge in [0.15, 0.2) is 12.4 Å². The number of rotatable bonds is 8. The Morgan fingerprint density at radius 1 is 1.07 bits per heavy atom. The van der Waals surface area contributed by atoms with Gasteiger partial charge in [0.2, 0.25) is 0 Å². The predicted octanol–water partition coefficient (Wildman–Crippen LogP) is 2.52. The van der Waals surface area contributed by atoms with Gasteiger partial charge in [-0.2, -0.15) is 0 Å². The Hall–Kier alpha value is -3.29. The van der Waals surface area contributed by atoms with Crippen LogP contribution < -0.4 is 10.1 Å². The number of ketones is 1. The van der Waals surface area contributed by atoms with E-state index in [1.807, 2.05) is 0 Å². The molecule has 0 radical (unpaired) electrons. The largest absolute Gasteiger partial charge is 0.497 e. The highest BCUT2D eigenvalue weighted by atomic mass is 19.1. The van der Waals surface area contributed by atoms with Crippen LogP contribution in [0.25, 0.3) is 0 Å². The third-order valence-electron chi connectivity index (χ3n) is 3.55. The van der Waals surface area contributed by atoms with E-state index in [2.05, 4.69) is 5.32 Å². The Balaban J connectivity index is 1.76. The molecular formula is C19H17F2NO5. The first-order chi connectivity index (χ1) is 12.9. The lowest BCUT2D eigenvalue weighted by molar-refractivity contribution is -0.142. The summed E-state index contributed by atoms with van der Waals surface area (Å²) in [6, 6.07) is 8.95. The number of methoxy groups -OCH3 is 1. The molecule has 0 heterocycles. The van der Waals surface area contributed by atoms with E-state index in [0.717, 1.165) is 12.1 Å². The third kappa shape index (κ3) is 5.88. The van der Waals surface area contributed by atoms with Gasteiger partial charge < -0.3 is 14.8 Å². The molecule has 0 aliphatic rings. The number of hydrogen-bond donors (Lipinski definition) is 1. The number of esters is 1. The maximum absolute atomic E-state index is 13.5. The minimum Gasteiger partial charge on any atom is -0.497 e. The zero-order valence-electron chi connectivity index (χ0n) is 14.5. The fourth-order valence-corrected chi connectivity index (χ4v) is 2.14. The quantitative estimate of drug-likeness (QED) is 0.565. The van der Waals surface area contributed by atoms with Crippen LogP contribution in [0.5, 0.6) is 5.75 Å². The van der Waals surface area contributed by atoms with Gasteiger partial charge >= 0.3 is 5.97 Å². The molecule has 0 spiro atoms. The zero-order valence-corrected chi connectivity index (χ0v) is 14.5. The molecule has 2 rings (SSSR count). The molecule has 2 aromatic carbocycles. The molecule has 0 saturated heterocycles. The van der Waals surface area contributed by atoms with Crippen molar-refractivity contribution >= 4 is 17.7 Å². The summed E-state index contributed by atoms with van der Waals surface area (Å²) >= 11 is 0. The second-order valence-corrected chi connectivity index (χ2v) is 5.45. The highest BCUT2D eigenvalue weighted by Gasteiger charge is 2.14. The van der Waals surface area contributed by atoms with Crippen molar-refractivity contribution in [3.63, 3.8) is 0 Å². The molecule has 0 atom stereocenters. The van der Waals surface area contributed by atoms with E-state index in [4.69, 9.17) is 9.47 Å². The topological polar surface area (TPSA) is 81.7 Å². The van der Waals surface area contributed by atoms with Crippen molar-refractivity contribution < 1.29 is 32.6 Å². The van der Waals surface area contributed by atoms with Gasteiger partial charge in [-0.25, -0.2) is 8.78 Å². The molecule has 0 aromatic heterocycles. The van der Waals surface area contributed by atoms with Crippen LogP contribution in [0.4, 0.5) is 8.78 Å². The van der Waals surface area contributed by atoms with Crippen LogP contribution in [-0.4, -0.2) is 37.9 Å². The standard InChI is InChI=1S/C19H17F2NO5/c1-26-14-4-2-3-12(9-14)17(23)11-27-18(24)7-8-22-19(25)15-6-5-13(20)10-16(15)21/h2-6,9-10H,7-8,11H2,1H3,(H,22,25). The van der Waals surface area contributed by atoms with E-state index in [9.17, 15) is 23.2 Å². The number of amides is 1. The highest BCUT2D eigenvalue weighted by molar-refractivity contribution is 5.98. The number of nitrogens with one attached hydrogen (secondary N) is 1. The number of carbonyl (C=O) groups is 3. The maximum Gasteiger partial charge on any atom is 0.308 e. The second kappa shape index (κ2) is 9.42. The lowest BCUT2D eigenvalue weighted by atomic mass is 10.1. The lowest BCUT2D eigenvalue weighted by Gasteiger charge is -2.07. The van der Waals surface area contributed by atoms with Gasteiger partial charge in [0.05, 0.1) is 19.1 Å². The summed E-state index contributed by atoms with van der Waals surface area (Å²) in [5, 5.41) is 2.32. The lowest BCUT2D eigenvalue weighted by Crippen LogP contribution is -2.27. The molecule has 0 aliphatic carbocycles. The van der Waals surface area contributed by atoms with Crippen LogP contribution in [0.1, 0.15) is 27.1 Å². The number of Topliss-reactive ketones (excluding diaryl/α,β-unsaturated/α-hetero) is 1. The van der Waals surface area contributed by atoms with Crippen molar-refractivity contribution in [1.29, 1.82) is 0 Å². The molecule has 0 bridgehead atoms. The van der Waals surface area contributed by atoms with Crippen molar-refractivity contribution in [2.45, 2.75) is 6.42 Å². The van der Waals surface area contributed by atoms with E-state index in [1.54, 1.807) is 18.2 Å². The van der Waals surface area contributed by atoms with Gasteiger partial charge in [0.1, 0.15) is 17.4 Å². The van der Waals surface area contributed by atoms with E-state index >= 15 is 0 Å². The summed E-state index contributed by atoms with van der Waals surface area (Å²) in [6.45, 7) is -0.575. The van der Waals surface area contributed by atoms with Gasteiger partial charge in [-0.1, -0.05) is 12.1 Å². The first-order valence-corrected chi connectivity index (χ1v) is 7.97. The molecule has 2 aromatic rings. The number of ether oxygens (including phenoxy) is 2. The summed E-state index contributed by atoms with van der Waals surface area (Å²) in [7, 11) is 1.47. The van der Waals surface area contributed by atoms with Crippen molar-refractivity contribution in [3.05, 3.63) is 65.2 Å². The molecule has 8 heteroatoms. The molecule has 27 heavy (non-hydrogen) atoms. The van der Waals surface area contributed by atoms with E-state index < -0.39 is 35.9 Å². The Morgan fingerprint density at radius 2 is 1.85 bits per heavy atom. The summed E-state index contributed by atoms with van der Waals surface area (Å²) in [4.78, 5) is 35.4. The van der Waals surface area contributed by atoms with Gasteiger partial charge in [0, 0.05) is 18.2 Å². The number of benzene rings is 2. The summed E-state index contributed by atoms with van der Waals surface area (Å²) in [6.07, 6.45) is -0.208. The zero-order chi connectivity index (χ0) is 19.8. The molecule has 0 aliphatic heterocycles. The Bertz CT molecular complexity index is 854. The second-order valence-electron chi connectivity index (χ2n) is 5.45. The minimum atomic E-state index is -1.00. The fraction of sp³-hybridized carbons (Fsp3) is 0.211. The van der Waals surface area contributed by atoms with Crippen LogP contribution in [-0.2, 0) is 9.53 Å². The van der Waals surface area contributed by atoms with Crippen LogP contribution in [0.15, 0.2) is 42.5 Å². The van der Waals surface area contributed by atoms with E-state index in [0.29, 0.717) is 17.4 Å². The molecule has 0 saturated carbocycles. The highest BCUT2D eigenvalue weighted by Crippen LogP contribution is 2.13. The van der Waals surface area contributed by atoms with Crippen LogP contribution >= 0.6 is 0 Å². The molecule has 6 nitrogen and oxygen atoms in total. The van der Waals surface area contributed by atoms with Crippen molar-refractivity contribution in [3.8, 4) is 5.75 Å². The fourth-order valence-electron chi connectivity index (χ4n) is 2.14. The molecular weight excluding hydrogens is 360 g/mol. The van der Waals surface area contributed by atoms with Crippen molar-refractivity contribution in [2.24, 2.45) is 0 Å². The monoisotopic (exact) mass is 377 g/mol.